The molecule has 0 spiro atoms. The van der Waals surface area contributed by atoms with Crippen molar-refractivity contribution in [1.29, 1.82) is 0 Å². The van der Waals surface area contributed by atoms with Gasteiger partial charge in [0.2, 0.25) is 5.91 Å². The Hall–Kier alpha value is -3.35. The number of alkyl carbamates (subject to hydrolysis) is 1. The first-order chi connectivity index (χ1) is 16.5. The largest absolute Gasteiger partial charge is 0.480 e. The van der Waals surface area contributed by atoms with Crippen molar-refractivity contribution in [1.82, 2.24) is 10.6 Å². The van der Waals surface area contributed by atoms with Crippen molar-refractivity contribution in [3.63, 3.8) is 0 Å². The highest BCUT2D eigenvalue weighted by Crippen LogP contribution is 2.44. The van der Waals surface area contributed by atoms with Crippen LogP contribution in [-0.4, -0.2) is 41.8 Å². The normalized spacial score (nSPS) is 20.0. The van der Waals surface area contributed by atoms with Crippen LogP contribution < -0.4 is 10.6 Å². The van der Waals surface area contributed by atoms with E-state index in [2.05, 4.69) is 34.9 Å². The van der Waals surface area contributed by atoms with E-state index in [9.17, 15) is 19.5 Å². The first-order valence-electron chi connectivity index (χ1n) is 12.1. The summed E-state index contributed by atoms with van der Waals surface area (Å²) in [6.07, 6.45) is 3.58. The van der Waals surface area contributed by atoms with Crippen molar-refractivity contribution in [2.24, 2.45) is 5.92 Å². The minimum absolute atomic E-state index is 0.00641. The lowest BCUT2D eigenvalue weighted by atomic mass is 9.82. The third-order valence-corrected chi connectivity index (χ3v) is 7.05. The molecule has 34 heavy (non-hydrogen) atoms. The van der Waals surface area contributed by atoms with Gasteiger partial charge in [-0.2, -0.15) is 0 Å². The van der Waals surface area contributed by atoms with Gasteiger partial charge < -0.3 is 20.5 Å². The molecule has 2 amide bonds. The Morgan fingerprint density at radius 3 is 2.24 bits per heavy atom. The highest BCUT2D eigenvalue weighted by atomic mass is 16.5. The Balaban J connectivity index is 1.35. The minimum atomic E-state index is -1.03. The summed E-state index contributed by atoms with van der Waals surface area (Å²) in [5.74, 6) is -1.37. The number of benzene rings is 2. The monoisotopic (exact) mass is 464 g/mol. The van der Waals surface area contributed by atoms with Gasteiger partial charge in [-0.05, 0) is 47.4 Å². The molecule has 3 atom stereocenters. The van der Waals surface area contributed by atoms with Crippen LogP contribution in [0.5, 0.6) is 0 Å². The summed E-state index contributed by atoms with van der Waals surface area (Å²) in [5, 5.41) is 14.7. The van der Waals surface area contributed by atoms with Crippen LogP contribution >= 0.6 is 0 Å². The highest BCUT2D eigenvalue weighted by molar-refractivity contribution is 5.83. The van der Waals surface area contributed by atoms with Crippen molar-refractivity contribution in [3.8, 4) is 11.1 Å². The summed E-state index contributed by atoms with van der Waals surface area (Å²) < 4.78 is 5.68. The van der Waals surface area contributed by atoms with Crippen molar-refractivity contribution in [2.75, 3.05) is 6.61 Å². The molecule has 4 rings (SSSR count). The number of carbonyl (C=O) groups excluding carboxylic acids is 2. The van der Waals surface area contributed by atoms with Crippen LogP contribution in [0.4, 0.5) is 4.79 Å². The van der Waals surface area contributed by atoms with Gasteiger partial charge in [0.15, 0.2) is 0 Å². The Morgan fingerprint density at radius 2 is 1.62 bits per heavy atom. The number of ether oxygens (including phenoxy) is 1. The van der Waals surface area contributed by atoms with Crippen LogP contribution in [0.1, 0.15) is 62.5 Å². The molecule has 2 aromatic carbocycles. The molecular weight excluding hydrogens is 432 g/mol. The Labute approximate surface area is 199 Å². The Kier molecular flexibility index (Phi) is 7.50. The van der Waals surface area contributed by atoms with E-state index in [0.717, 1.165) is 36.8 Å². The van der Waals surface area contributed by atoms with E-state index in [4.69, 9.17) is 4.74 Å². The number of carboxylic acid groups (broad SMARTS) is 1. The van der Waals surface area contributed by atoms with E-state index < -0.39 is 18.1 Å². The highest BCUT2D eigenvalue weighted by Gasteiger charge is 2.32. The molecule has 0 saturated heterocycles. The maximum Gasteiger partial charge on any atom is 0.407 e. The number of hydrogen-bond acceptors (Lipinski definition) is 4. The first kappa shape index (κ1) is 23.8. The van der Waals surface area contributed by atoms with Gasteiger partial charge in [-0.15, -0.1) is 0 Å². The maximum absolute atomic E-state index is 12.7. The van der Waals surface area contributed by atoms with Crippen LogP contribution in [0.2, 0.25) is 0 Å². The lowest BCUT2D eigenvalue weighted by Gasteiger charge is -2.32. The van der Waals surface area contributed by atoms with E-state index in [0.29, 0.717) is 6.42 Å². The molecule has 0 aliphatic heterocycles. The molecule has 0 heterocycles. The zero-order valence-corrected chi connectivity index (χ0v) is 19.5. The summed E-state index contributed by atoms with van der Waals surface area (Å²) in [6, 6.07) is 15.3. The van der Waals surface area contributed by atoms with Gasteiger partial charge in [0.25, 0.3) is 0 Å². The lowest BCUT2D eigenvalue weighted by Crippen LogP contribution is -2.46. The number of hydrogen-bond donors (Lipinski definition) is 3. The van der Waals surface area contributed by atoms with Gasteiger partial charge in [0.05, 0.1) is 0 Å². The fourth-order valence-electron chi connectivity index (χ4n) is 5.26. The zero-order valence-electron chi connectivity index (χ0n) is 19.5. The van der Waals surface area contributed by atoms with Crippen LogP contribution in [0.25, 0.3) is 11.1 Å². The third kappa shape index (κ3) is 5.24. The second-order valence-electron chi connectivity index (χ2n) is 9.19. The van der Waals surface area contributed by atoms with Crippen molar-refractivity contribution >= 4 is 18.0 Å². The topological polar surface area (TPSA) is 105 Å². The van der Waals surface area contributed by atoms with E-state index in [1.807, 2.05) is 24.3 Å². The van der Waals surface area contributed by atoms with Crippen molar-refractivity contribution in [2.45, 2.75) is 63.5 Å². The average Bonchev–Trinajstić information content (AvgIpc) is 3.16. The van der Waals surface area contributed by atoms with Gasteiger partial charge in [-0.1, -0.05) is 68.3 Å². The van der Waals surface area contributed by atoms with E-state index in [1.165, 1.54) is 11.1 Å². The Bertz CT molecular complexity index is 1010. The van der Waals surface area contributed by atoms with Gasteiger partial charge in [0.1, 0.15) is 12.6 Å². The number of carboxylic acids is 1. The summed E-state index contributed by atoms with van der Waals surface area (Å²) in [5.41, 5.74) is 4.68. The number of nitrogens with one attached hydrogen (secondary N) is 2. The molecule has 180 valence electrons. The number of fused-ring (bicyclic) bond motifs is 3. The molecule has 7 heteroatoms. The third-order valence-electron chi connectivity index (χ3n) is 7.05. The second-order valence-corrected chi connectivity index (χ2v) is 9.19. The summed E-state index contributed by atoms with van der Waals surface area (Å²) in [7, 11) is 0. The minimum Gasteiger partial charge on any atom is -0.480 e. The van der Waals surface area contributed by atoms with Crippen LogP contribution in [-0.2, 0) is 14.3 Å². The molecule has 0 unspecified atom stereocenters. The second kappa shape index (κ2) is 10.7. The average molecular weight is 465 g/mol. The van der Waals surface area contributed by atoms with Crippen LogP contribution in [0, 0.1) is 5.92 Å². The fourth-order valence-corrected chi connectivity index (χ4v) is 5.26. The predicted octanol–water partition coefficient (Wildman–Crippen LogP) is 4.45. The molecule has 2 aliphatic carbocycles. The van der Waals surface area contributed by atoms with Gasteiger partial charge in [0, 0.05) is 18.4 Å². The number of amides is 2. The van der Waals surface area contributed by atoms with Crippen LogP contribution in [0.15, 0.2) is 48.5 Å². The molecule has 0 bridgehead atoms. The lowest BCUT2D eigenvalue weighted by molar-refractivity contribution is -0.142. The smallest absolute Gasteiger partial charge is 0.407 e. The standard InChI is InChI=1S/C27H32N2O5/c1-2-23(26(31)32)28-25(30)15-17-9-3-8-14-24(17)29-27(33)34-16-22-20-12-6-4-10-18(20)19-11-5-7-13-21(19)22/h4-7,10-13,17,22-24H,2-3,8-9,14-16H2,1H3,(H,28,30)(H,29,33)(H,31,32)/t17-,23-,24-/m0/s1. The van der Waals surface area contributed by atoms with Crippen molar-refractivity contribution < 1.29 is 24.2 Å². The van der Waals surface area contributed by atoms with Gasteiger partial charge in [-0.25, -0.2) is 9.59 Å². The SMILES string of the molecule is CC[C@H](NC(=O)C[C@@H]1CCCC[C@@H]1NC(=O)OCC1c2ccccc2-c2ccccc21)C(=O)O. The molecular formula is C27H32N2O5. The molecule has 2 aromatic rings. The van der Waals surface area contributed by atoms with E-state index >= 15 is 0 Å². The van der Waals surface area contributed by atoms with E-state index in [1.54, 1.807) is 6.92 Å². The molecule has 2 aliphatic rings. The molecule has 1 saturated carbocycles. The fraction of sp³-hybridized carbons (Fsp3) is 0.444. The molecule has 1 fully saturated rings. The predicted molar refractivity (Wildman–Crippen MR) is 128 cm³/mol. The number of aliphatic carboxylic acids is 1. The summed E-state index contributed by atoms with van der Waals surface area (Å²) in [6.45, 7) is 1.97. The van der Waals surface area contributed by atoms with E-state index in [-0.39, 0.29) is 36.8 Å². The summed E-state index contributed by atoms with van der Waals surface area (Å²) in [4.78, 5) is 36.4. The number of rotatable bonds is 8. The first-order valence-corrected chi connectivity index (χ1v) is 12.1. The number of carbonyl (C=O) groups is 3. The zero-order chi connectivity index (χ0) is 24.1. The van der Waals surface area contributed by atoms with Gasteiger partial charge in [-0.3, -0.25) is 4.79 Å². The quantitative estimate of drug-likeness (QED) is 0.535. The maximum atomic E-state index is 12.7. The molecule has 7 nitrogen and oxygen atoms in total. The van der Waals surface area contributed by atoms with Gasteiger partial charge >= 0.3 is 12.1 Å². The summed E-state index contributed by atoms with van der Waals surface area (Å²) >= 11 is 0. The van der Waals surface area contributed by atoms with Crippen molar-refractivity contribution in [3.05, 3.63) is 59.7 Å². The molecule has 0 radical (unpaired) electrons. The van der Waals surface area contributed by atoms with Crippen LogP contribution in [0.3, 0.4) is 0 Å². The molecule has 0 aromatic heterocycles. The molecule has 3 N–H and O–H groups in total. The Morgan fingerprint density at radius 1 is 1.00 bits per heavy atom.